The van der Waals surface area contributed by atoms with E-state index in [-0.39, 0.29) is 5.82 Å². The molecule has 0 radical (unpaired) electrons. The Morgan fingerprint density at radius 1 is 1.11 bits per heavy atom. The van der Waals surface area contributed by atoms with Gasteiger partial charge in [-0.1, -0.05) is 35.9 Å². The van der Waals surface area contributed by atoms with Crippen LogP contribution in [0.1, 0.15) is 28.5 Å². The van der Waals surface area contributed by atoms with Gasteiger partial charge in [0.1, 0.15) is 29.1 Å². The molecule has 0 aliphatic heterocycles. The fraction of sp³-hybridized carbons (Fsp3) is 0.154. The van der Waals surface area contributed by atoms with E-state index < -0.39 is 6.10 Å². The molecule has 0 spiro atoms. The average Bonchev–Trinajstić information content (AvgIpc) is 3.47. The molecule has 0 fully saturated rings. The molecule has 5 aromatic rings. The highest BCUT2D eigenvalue weighted by Crippen LogP contribution is 2.31. The third-order valence-electron chi connectivity index (χ3n) is 5.79. The Hall–Kier alpha value is -3.88. The molecular weight excluding hydrogens is 469 g/mol. The SMILES string of the molecule is COc1ccc(Cn2nc(NCc3ccc(F)cc3)cc2C(O)c2c[nH]c3ncc(Cl)cc23)cc1. The zero-order chi connectivity index (χ0) is 24.4. The second-order valence-electron chi connectivity index (χ2n) is 8.14. The van der Waals surface area contributed by atoms with Crippen molar-refractivity contribution < 1.29 is 14.2 Å². The number of aliphatic hydroxyl groups excluding tert-OH is 1. The lowest BCUT2D eigenvalue weighted by Gasteiger charge is -2.13. The summed E-state index contributed by atoms with van der Waals surface area (Å²) in [6.07, 6.45) is 2.31. The summed E-state index contributed by atoms with van der Waals surface area (Å²) in [4.78, 5) is 7.37. The second-order valence-corrected chi connectivity index (χ2v) is 8.57. The van der Waals surface area contributed by atoms with E-state index in [0.29, 0.717) is 40.8 Å². The number of rotatable bonds is 8. The van der Waals surface area contributed by atoms with Gasteiger partial charge in [-0.15, -0.1) is 0 Å². The monoisotopic (exact) mass is 491 g/mol. The van der Waals surface area contributed by atoms with Crippen molar-refractivity contribution in [1.29, 1.82) is 0 Å². The summed E-state index contributed by atoms with van der Waals surface area (Å²) >= 11 is 6.16. The van der Waals surface area contributed by atoms with Gasteiger partial charge in [-0.25, -0.2) is 9.37 Å². The third kappa shape index (κ3) is 4.99. The van der Waals surface area contributed by atoms with Gasteiger partial charge < -0.3 is 20.1 Å². The molecule has 2 aromatic carbocycles. The van der Waals surface area contributed by atoms with Crippen LogP contribution in [0.3, 0.4) is 0 Å². The highest BCUT2D eigenvalue weighted by atomic mass is 35.5. The maximum Gasteiger partial charge on any atom is 0.148 e. The minimum Gasteiger partial charge on any atom is -0.497 e. The number of fused-ring (bicyclic) bond motifs is 1. The number of benzene rings is 2. The van der Waals surface area contributed by atoms with Crippen molar-refractivity contribution in [3.8, 4) is 5.75 Å². The Balaban J connectivity index is 1.47. The molecular formula is C26H23ClFN5O2. The number of hydrogen-bond donors (Lipinski definition) is 3. The number of methoxy groups -OCH3 is 1. The van der Waals surface area contributed by atoms with Crippen molar-refractivity contribution in [2.24, 2.45) is 0 Å². The average molecular weight is 492 g/mol. The molecule has 0 bridgehead atoms. The number of hydrogen-bond acceptors (Lipinski definition) is 5. The van der Waals surface area contributed by atoms with Crippen molar-refractivity contribution in [2.75, 3.05) is 12.4 Å². The van der Waals surface area contributed by atoms with E-state index in [1.807, 2.05) is 30.3 Å². The predicted octanol–water partition coefficient (Wildman–Crippen LogP) is 5.30. The van der Waals surface area contributed by atoms with Gasteiger partial charge in [0, 0.05) is 36.0 Å². The van der Waals surface area contributed by atoms with E-state index in [2.05, 4.69) is 15.3 Å². The fourth-order valence-corrected chi connectivity index (χ4v) is 4.10. The molecule has 9 heteroatoms. The number of H-pyrrole nitrogens is 1. The Bertz CT molecular complexity index is 1450. The normalized spacial score (nSPS) is 12.1. The maximum absolute atomic E-state index is 13.2. The smallest absolute Gasteiger partial charge is 0.148 e. The summed E-state index contributed by atoms with van der Waals surface area (Å²) in [6.45, 7) is 0.901. The summed E-state index contributed by atoms with van der Waals surface area (Å²) in [5.41, 5.74) is 3.80. The van der Waals surface area contributed by atoms with E-state index in [9.17, 15) is 9.50 Å². The lowest BCUT2D eigenvalue weighted by molar-refractivity contribution is 0.210. The van der Waals surface area contributed by atoms with Gasteiger partial charge in [0.15, 0.2) is 0 Å². The maximum atomic E-state index is 13.2. The van der Waals surface area contributed by atoms with Crippen LogP contribution in [0.15, 0.2) is 73.1 Å². The fourth-order valence-electron chi connectivity index (χ4n) is 3.95. The van der Waals surface area contributed by atoms with Gasteiger partial charge >= 0.3 is 0 Å². The Kier molecular flexibility index (Phi) is 6.39. The van der Waals surface area contributed by atoms with Crippen LogP contribution in [-0.2, 0) is 13.1 Å². The molecule has 3 aromatic heterocycles. The number of aromatic nitrogens is 4. The molecule has 1 atom stereocenters. The first-order valence-electron chi connectivity index (χ1n) is 11.0. The molecule has 5 rings (SSSR count). The van der Waals surface area contributed by atoms with Crippen LogP contribution >= 0.6 is 11.6 Å². The molecule has 0 saturated carbocycles. The molecule has 0 aliphatic carbocycles. The Morgan fingerprint density at radius 2 is 1.86 bits per heavy atom. The zero-order valence-electron chi connectivity index (χ0n) is 18.9. The number of halogens is 2. The number of pyridine rings is 1. The minimum absolute atomic E-state index is 0.281. The minimum atomic E-state index is -0.976. The van der Waals surface area contributed by atoms with E-state index in [1.165, 1.54) is 12.1 Å². The lowest BCUT2D eigenvalue weighted by atomic mass is 10.1. The molecule has 0 aliphatic rings. The van der Waals surface area contributed by atoms with E-state index in [0.717, 1.165) is 22.3 Å². The van der Waals surface area contributed by atoms with Gasteiger partial charge in [0.25, 0.3) is 0 Å². The number of nitrogens with one attached hydrogen (secondary N) is 2. The van der Waals surface area contributed by atoms with Gasteiger partial charge in [-0.05, 0) is 41.5 Å². The predicted molar refractivity (Wildman–Crippen MR) is 133 cm³/mol. The number of anilines is 1. The van der Waals surface area contributed by atoms with Crippen molar-refractivity contribution in [2.45, 2.75) is 19.2 Å². The Morgan fingerprint density at radius 3 is 2.60 bits per heavy atom. The number of ether oxygens (including phenoxy) is 1. The Labute approximate surface area is 206 Å². The summed E-state index contributed by atoms with van der Waals surface area (Å²) in [6, 6.07) is 17.5. The summed E-state index contributed by atoms with van der Waals surface area (Å²) in [7, 11) is 1.62. The first-order valence-corrected chi connectivity index (χ1v) is 11.4. The number of nitrogens with zero attached hydrogens (tertiary/aromatic N) is 3. The third-order valence-corrected chi connectivity index (χ3v) is 6.00. The molecule has 3 N–H and O–H groups in total. The summed E-state index contributed by atoms with van der Waals surface area (Å²) in [5, 5.41) is 20.6. The van der Waals surface area contributed by atoms with Crippen LogP contribution in [0.4, 0.5) is 10.2 Å². The first kappa shape index (κ1) is 22.9. The molecule has 0 amide bonds. The highest BCUT2D eigenvalue weighted by Gasteiger charge is 2.22. The highest BCUT2D eigenvalue weighted by molar-refractivity contribution is 6.31. The lowest BCUT2D eigenvalue weighted by Crippen LogP contribution is -2.11. The van der Waals surface area contributed by atoms with Gasteiger partial charge in [0.2, 0.25) is 0 Å². The number of aliphatic hydroxyl groups is 1. The molecule has 35 heavy (non-hydrogen) atoms. The first-order chi connectivity index (χ1) is 17.0. The van der Waals surface area contributed by atoms with Crippen LogP contribution in [0, 0.1) is 5.82 Å². The van der Waals surface area contributed by atoms with Crippen molar-refractivity contribution in [3.63, 3.8) is 0 Å². The largest absolute Gasteiger partial charge is 0.497 e. The van der Waals surface area contributed by atoms with Crippen LogP contribution in [-0.4, -0.2) is 32.0 Å². The van der Waals surface area contributed by atoms with Gasteiger partial charge in [-0.3, -0.25) is 4.68 Å². The van der Waals surface area contributed by atoms with Crippen LogP contribution in [0.25, 0.3) is 11.0 Å². The standard InChI is InChI=1S/C26H23ClFN5O2/c1-35-20-8-4-17(5-9-20)15-33-23(11-24(32-33)29-12-16-2-6-19(28)7-3-16)25(34)22-14-31-26-21(22)10-18(27)13-30-26/h2-11,13-14,25,34H,12,15H2,1H3,(H,29,32)(H,30,31). The quantitative estimate of drug-likeness (QED) is 0.274. The van der Waals surface area contributed by atoms with Gasteiger partial charge in [-0.2, -0.15) is 5.10 Å². The molecule has 1 unspecified atom stereocenters. The van der Waals surface area contributed by atoms with E-state index >= 15 is 0 Å². The van der Waals surface area contributed by atoms with Crippen LogP contribution in [0.2, 0.25) is 5.02 Å². The molecule has 178 valence electrons. The van der Waals surface area contributed by atoms with Crippen molar-refractivity contribution in [3.05, 3.63) is 106 Å². The van der Waals surface area contributed by atoms with Crippen molar-refractivity contribution >= 4 is 28.5 Å². The summed E-state index contributed by atoms with van der Waals surface area (Å²) in [5.74, 6) is 1.07. The van der Waals surface area contributed by atoms with E-state index in [4.69, 9.17) is 21.4 Å². The molecule has 0 saturated heterocycles. The zero-order valence-corrected chi connectivity index (χ0v) is 19.6. The second kappa shape index (κ2) is 9.77. The van der Waals surface area contributed by atoms with Crippen LogP contribution in [0.5, 0.6) is 5.75 Å². The molecule has 3 heterocycles. The van der Waals surface area contributed by atoms with E-state index in [1.54, 1.807) is 42.4 Å². The van der Waals surface area contributed by atoms with Crippen LogP contribution < -0.4 is 10.1 Å². The van der Waals surface area contributed by atoms with Gasteiger partial charge in [0.05, 0.1) is 24.4 Å². The topological polar surface area (TPSA) is 88.0 Å². The number of aromatic amines is 1. The summed E-state index contributed by atoms with van der Waals surface area (Å²) < 4.78 is 20.2. The van der Waals surface area contributed by atoms with Crippen molar-refractivity contribution in [1.82, 2.24) is 19.7 Å². The molecule has 7 nitrogen and oxygen atoms in total.